The van der Waals surface area contributed by atoms with Gasteiger partial charge in [-0.15, -0.1) is 0 Å². The van der Waals surface area contributed by atoms with E-state index in [1.165, 1.54) is 16.4 Å². The Labute approximate surface area is 288 Å². The molecule has 2 aliphatic heterocycles. The molecular weight excluding hydrogens is 646 g/mol. The third-order valence-corrected chi connectivity index (χ3v) is 10.8. The van der Waals surface area contributed by atoms with E-state index in [0.717, 1.165) is 11.1 Å². The number of nitriles is 1. The Morgan fingerprint density at radius 1 is 1.04 bits per heavy atom. The second-order valence-corrected chi connectivity index (χ2v) is 15.3. The number of nitrogens with zero attached hydrogens (tertiary/aromatic N) is 2. The zero-order valence-electron chi connectivity index (χ0n) is 27.9. The number of carbonyl (C=O) groups is 1. The van der Waals surface area contributed by atoms with Gasteiger partial charge in [-0.3, -0.25) is 0 Å². The van der Waals surface area contributed by atoms with Crippen LogP contribution in [0, 0.1) is 22.7 Å². The van der Waals surface area contributed by atoms with Crippen molar-refractivity contribution in [1.82, 2.24) is 9.62 Å². The minimum atomic E-state index is -4.14. The van der Waals surface area contributed by atoms with Crippen LogP contribution in [0.25, 0.3) is 0 Å². The maximum atomic E-state index is 14.2. The van der Waals surface area contributed by atoms with Gasteiger partial charge in [-0.1, -0.05) is 74.5 Å². The van der Waals surface area contributed by atoms with Gasteiger partial charge in [0.15, 0.2) is 6.29 Å². The number of aliphatic hydroxyl groups excluding tert-OH is 1. The van der Waals surface area contributed by atoms with E-state index in [2.05, 4.69) is 11.4 Å². The fourth-order valence-corrected chi connectivity index (χ4v) is 7.80. The zero-order valence-corrected chi connectivity index (χ0v) is 28.8. The van der Waals surface area contributed by atoms with Gasteiger partial charge in [0.05, 0.1) is 42.2 Å². The number of nitrogens with one attached hydrogen (secondary N) is 1. The molecule has 0 bridgehead atoms. The highest BCUT2D eigenvalue weighted by Crippen LogP contribution is 2.33. The first-order chi connectivity index (χ1) is 23.5. The molecule has 2 heterocycles. The van der Waals surface area contributed by atoms with Gasteiger partial charge in [0, 0.05) is 19.5 Å². The number of ether oxygens (including phenoxy) is 4. The van der Waals surface area contributed by atoms with Crippen LogP contribution < -0.4 is 10.1 Å². The highest BCUT2D eigenvalue weighted by Gasteiger charge is 2.44. The molecule has 0 spiro atoms. The molecule has 262 valence electrons. The standard InChI is InChI=1S/C37H45N3O8S/c1-37(2,19-9-20-38)26-40(49(43,44)30-16-14-29(15-17-30)46-24-28-12-7-4-8-13-28)23-33(41)32(22-27-10-5-3-6-11-27)39-36(42)48-34-25-47-35-31(34)18-21-45-35/h3-8,10-17,31-35,41H,9,18-19,21-26H2,1-2H3,(H,39,42). The van der Waals surface area contributed by atoms with Crippen LogP contribution in [0.3, 0.4) is 0 Å². The minimum absolute atomic E-state index is 0.0318. The third kappa shape index (κ3) is 10.0. The molecule has 0 aliphatic carbocycles. The normalized spacial score (nSPS) is 20.3. The maximum absolute atomic E-state index is 14.2. The second kappa shape index (κ2) is 16.6. The van der Waals surface area contributed by atoms with Gasteiger partial charge in [-0.05, 0) is 60.1 Å². The van der Waals surface area contributed by atoms with E-state index >= 15 is 0 Å². The van der Waals surface area contributed by atoms with E-state index < -0.39 is 46.1 Å². The van der Waals surface area contributed by atoms with Gasteiger partial charge in [-0.2, -0.15) is 9.57 Å². The first-order valence-electron chi connectivity index (χ1n) is 16.6. The molecule has 1 amide bonds. The maximum Gasteiger partial charge on any atom is 0.407 e. The topological polar surface area (TPSA) is 147 Å². The lowest BCUT2D eigenvalue weighted by atomic mass is 9.88. The van der Waals surface area contributed by atoms with Crippen LogP contribution in [0.2, 0.25) is 0 Å². The van der Waals surface area contributed by atoms with Crippen molar-refractivity contribution in [2.24, 2.45) is 11.3 Å². The van der Waals surface area contributed by atoms with Crippen LogP contribution >= 0.6 is 0 Å². The molecule has 12 heteroatoms. The Morgan fingerprint density at radius 2 is 1.71 bits per heavy atom. The predicted molar refractivity (Wildman–Crippen MR) is 182 cm³/mol. The average Bonchev–Trinajstić information content (AvgIpc) is 3.72. The quantitative estimate of drug-likeness (QED) is 0.211. The molecule has 5 rings (SSSR count). The zero-order chi connectivity index (χ0) is 34.9. The predicted octanol–water partition coefficient (Wildman–Crippen LogP) is 5.05. The van der Waals surface area contributed by atoms with Crippen LogP contribution in [0.5, 0.6) is 5.75 Å². The number of rotatable bonds is 16. The smallest absolute Gasteiger partial charge is 0.407 e. The number of carbonyl (C=O) groups excluding carboxylic acids is 1. The van der Waals surface area contributed by atoms with E-state index in [4.69, 9.17) is 18.9 Å². The average molecular weight is 692 g/mol. The van der Waals surface area contributed by atoms with Crippen LogP contribution in [0.1, 0.15) is 44.2 Å². The van der Waals surface area contributed by atoms with E-state index in [0.29, 0.717) is 31.8 Å². The third-order valence-electron chi connectivity index (χ3n) is 8.93. The van der Waals surface area contributed by atoms with Crippen molar-refractivity contribution in [2.75, 3.05) is 26.3 Å². The largest absolute Gasteiger partial charge is 0.489 e. The number of benzene rings is 3. The van der Waals surface area contributed by atoms with Gasteiger partial charge >= 0.3 is 6.09 Å². The first kappa shape index (κ1) is 36.3. The summed E-state index contributed by atoms with van der Waals surface area (Å²) in [4.78, 5) is 13.2. The lowest BCUT2D eigenvalue weighted by molar-refractivity contribution is -0.0907. The molecule has 49 heavy (non-hydrogen) atoms. The van der Waals surface area contributed by atoms with Crippen LogP contribution in [-0.4, -0.2) is 74.8 Å². The summed E-state index contributed by atoms with van der Waals surface area (Å²) in [5, 5.41) is 23.8. The van der Waals surface area contributed by atoms with Crippen molar-refractivity contribution in [1.29, 1.82) is 5.26 Å². The molecule has 2 saturated heterocycles. The minimum Gasteiger partial charge on any atom is -0.489 e. The molecule has 2 N–H and O–H groups in total. The monoisotopic (exact) mass is 691 g/mol. The van der Waals surface area contributed by atoms with Crippen LogP contribution in [-0.2, 0) is 37.3 Å². The fourth-order valence-electron chi connectivity index (χ4n) is 6.15. The summed E-state index contributed by atoms with van der Waals surface area (Å²) in [7, 11) is -4.14. The Kier molecular flexibility index (Phi) is 12.3. The number of fused-ring (bicyclic) bond motifs is 1. The molecule has 0 aromatic heterocycles. The summed E-state index contributed by atoms with van der Waals surface area (Å²) in [5.74, 6) is 0.451. The van der Waals surface area contributed by atoms with Crippen LogP contribution in [0.15, 0.2) is 89.8 Å². The summed E-state index contributed by atoms with van der Waals surface area (Å²) in [5.41, 5.74) is 1.23. The van der Waals surface area contributed by atoms with E-state index in [-0.39, 0.29) is 43.4 Å². The number of amides is 1. The molecule has 2 fully saturated rings. The first-order valence-corrected chi connectivity index (χ1v) is 18.0. The number of hydrogen-bond donors (Lipinski definition) is 2. The van der Waals surface area contributed by atoms with Crippen molar-refractivity contribution in [3.8, 4) is 11.8 Å². The Hall–Kier alpha value is -3.99. The van der Waals surface area contributed by atoms with Crippen molar-refractivity contribution in [2.45, 2.75) is 75.6 Å². The lowest BCUT2D eigenvalue weighted by Crippen LogP contribution is -2.52. The van der Waals surface area contributed by atoms with Crippen molar-refractivity contribution in [3.05, 3.63) is 96.1 Å². The molecule has 0 radical (unpaired) electrons. The van der Waals surface area contributed by atoms with Gasteiger partial charge in [0.25, 0.3) is 0 Å². The molecule has 3 aromatic rings. The van der Waals surface area contributed by atoms with Crippen LogP contribution in [0.4, 0.5) is 4.79 Å². The fraction of sp³-hybridized carbons (Fsp3) is 0.459. The van der Waals surface area contributed by atoms with Gasteiger partial charge in [-0.25, -0.2) is 13.2 Å². The Balaban J connectivity index is 1.34. The molecule has 11 nitrogen and oxygen atoms in total. The molecule has 3 aromatic carbocycles. The molecular formula is C37H45N3O8S. The summed E-state index contributed by atoms with van der Waals surface area (Å²) in [6.45, 7) is 4.58. The van der Waals surface area contributed by atoms with E-state index in [1.54, 1.807) is 12.1 Å². The van der Waals surface area contributed by atoms with Crippen molar-refractivity contribution in [3.63, 3.8) is 0 Å². The Morgan fingerprint density at radius 3 is 2.39 bits per heavy atom. The van der Waals surface area contributed by atoms with Crippen molar-refractivity contribution >= 4 is 16.1 Å². The molecule has 2 aliphatic rings. The van der Waals surface area contributed by atoms with E-state index in [9.17, 15) is 23.6 Å². The van der Waals surface area contributed by atoms with Gasteiger partial charge < -0.3 is 29.4 Å². The number of sulfonamides is 1. The van der Waals surface area contributed by atoms with Gasteiger partial charge in [0.1, 0.15) is 18.5 Å². The number of alkyl carbamates (subject to hydrolysis) is 1. The Bertz CT molecular complexity index is 1650. The SMILES string of the molecule is CC(C)(CCC#N)CN(CC(O)C(Cc1ccccc1)NC(=O)OC1COC2OCCC12)S(=O)(=O)c1ccc(OCc2ccccc2)cc1. The molecule has 5 unspecified atom stereocenters. The molecule has 0 saturated carbocycles. The summed E-state index contributed by atoms with van der Waals surface area (Å²) in [6, 6.07) is 26.4. The number of aliphatic hydroxyl groups is 1. The highest BCUT2D eigenvalue weighted by molar-refractivity contribution is 7.89. The summed E-state index contributed by atoms with van der Waals surface area (Å²) in [6.07, 6.45) is -1.28. The van der Waals surface area contributed by atoms with Crippen molar-refractivity contribution < 1.29 is 37.3 Å². The number of hydrogen-bond acceptors (Lipinski definition) is 9. The lowest BCUT2D eigenvalue weighted by Gasteiger charge is -2.35. The highest BCUT2D eigenvalue weighted by atomic mass is 32.2. The second-order valence-electron chi connectivity index (χ2n) is 13.3. The summed E-state index contributed by atoms with van der Waals surface area (Å²) < 4.78 is 52.4. The van der Waals surface area contributed by atoms with Gasteiger partial charge in [0.2, 0.25) is 10.0 Å². The van der Waals surface area contributed by atoms with E-state index in [1.807, 2.05) is 74.5 Å². The summed E-state index contributed by atoms with van der Waals surface area (Å²) >= 11 is 0. The molecule has 5 atom stereocenters.